The SMILES string of the molecule is O=C(CSc1nnc(-c2ccco2)n1-n1cccc1)Nc1ccc2c(c1)OCO2. The minimum absolute atomic E-state index is 0.159. The first-order chi connectivity index (χ1) is 14.3. The summed E-state index contributed by atoms with van der Waals surface area (Å²) in [5.74, 6) is 2.41. The van der Waals surface area contributed by atoms with Gasteiger partial charge in [-0.1, -0.05) is 11.8 Å². The molecule has 4 aromatic rings. The number of carbonyl (C=O) groups excluding carboxylic acids is 1. The molecule has 0 aliphatic carbocycles. The molecule has 0 radical (unpaired) electrons. The number of aromatic nitrogens is 4. The van der Waals surface area contributed by atoms with Crippen LogP contribution in [0.3, 0.4) is 0 Å². The van der Waals surface area contributed by atoms with E-state index < -0.39 is 0 Å². The number of ether oxygens (including phenoxy) is 2. The van der Waals surface area contributed by atoms with Crippen LogP contribution in [0.2, 0.25) is 0 Å². The highest BCUT2D eigenvalue weighted by atomic mass is 32.2. The van der Waals surface area contributed by atoms with Crippen molar-refractivity contribution in [2.24, 2.45) is 0 Å². The number of amides is 1. The fourth-order valence-electron chi connectivity index (χ4n) is 2.88. The van der Waals surface area contributed by atoms with Gasteiger partial charge in [0.25, 0.3) is 0 Å². The van der Waals surface area contributed by atoms with E-state index in [1.165, 1.54) is 11.8 Å². The molecule has 1 amide bonds. The first kappa shape index (κ1) is 17.4. The van der Waals surface area contributed by atoms with E-state index in [2.05, 4.69) is 15.5 Å². The van der Waals surface area contributed by atoms with Crippen molar-refractivity contribution in [3.05, 3.63) is 61.1 Å². The van der Waals surface area contributed by atoms with Gasteiger partial charge >= 0.3 is 0 Å². The molecule has 0 fully saturated rings. The summed E-state index contributed by atoms with van der Waals surface area (Å²) in [6, 6.07) is 12.7. The standard InChI is InChI=1S/C19H15N5O4S/c25-17(20-13-5-6-14-16(10-13)28-12-27-14)11-29-19-22-21-18(15-4-3-9-26-15)24(19)23-7-1-2-8-23/h1-10H,11-12H2,(H,20,25). The van der Waals surface area contributed by atoms with Crippen LogP contribution < -0.4 is 14.8 Å². The Hall–Kier alpha value is -3.66. The lowest BCUT2D eigenvalue weighted by atomic mass is 10.3. The van der Waals surface area contributed by atoms with Gasteiger partial charge in [-0.3, -0.25) is 9.47 Å². The van der Waals surface area contributed by atoms with Gasteiger partial charge in [0.05, 0.1) is 12.0 Å². The quantitative estimate of drug-likeness (QED) is 0.489. The summed E-state index contributed by atoms with van der Waals surface area (Å²) in [5.41, 5.74) is 0.642. The highest BCUT2D eigenvalue weighted by Gasteiger charge is 2.19. The van der Waals surface area contributed by atoms with E-state index in [1.807, 2.05) is 35.3 Å². The van der Waals surface area contributed by atoms with Crippen molar-refractivity contribution in [1.29, 1.82) is 0 Å². The zero-order valence-corrected chi connectivity index (χ0v) is 15.8. The molecule has 0 saturated heterocycles. The van der Waals surface area contributed by atoms with Gasteiger partial charge in [0.15, 0.2) is 17.3 Å². The molecule has 1 N–H and O–H groups in total. The monoisotopic (exact) mass is 409 g/mol. The van der Waals surface area contributed by atoms with E-state index in [0.29, 0.717) is 33.9 Å². The number of rotatable bonds is 6. The minimum atomic E-state index is -0.171. The molecule has 146 valence electrons. The first-order valence-corrected chi connectivity index (χ1v) is 9.72. The Morgan fingerprint density at radius 1 is 1.10 bits per heavy atom. The van der Waals surface area contributed by atoms with E-state index in [-0.39, 0.29) is 18.5 Å². The lowest BCUT2D eigenvalue weighted by molar-refractivity contribution is -0.113. The van der Waals surface area contributed by atoms with E-state index in [4.69, 9.17) is 13.9 Å². The Kier molecular flexibility index (Phi) is 4.45. The third kappa shape index (κ3) is 3.45. The molecule has 3 aromatic heterocycles. The number of hydrogen-bond donors (Lipinski definition) is 1. The highest BCUT2D eigenvalue weighted by Crippen LogP contribution is 2.34. The summed E-state index contributed by atoms with van der Waals surface area (Å²) < 4.78 is 19.7. The van der Waals surface area contributed by atoms with Crippen molar-refractivity contribution in [3.63, 3.8) is 0 Å². The van der Waals surface area contributed by atoms with Crippen LogP contribution in [0.15, 0.2) is 70.7 Å². The van der Waals surface area contributed by atoms with Crippen LogP contribution in [0.1, 0.15) is 0 Å². The Balaban J connectivity index is 1.32. The van der Waals surface area contributed by atoms with Gasteiger partial charge < -0.3 is 19.2 Å². The lowest BCUT2D eigenvalue weighted by Gasteiger charge is -2.10. The molecule has 1 aromatic carbocycles. The highest BCUT2D eigenvalue weighted by molar-refractivity contribution is 7.99. The summed E-state index contributed by atoms with van der Waals surface area (Å²) in [4.78, 5) is 12.4. The third-order valence-electron chi connectivity index (χ3n) is 4.16. The predicted molar refractivity (Wildman–Crippen MR) is 105 cm³/mol. The molecule has 0 bridgehead atoms. The van der Waals surface area contributed by atoms with Crippen molar-refractivity contribution >= 4 is 23.4 Å². The van der Waals surface area contributed by atoms with Crippen LogP contribution >= 0.6 is 11.8 Å². The number of furan rings is 1. The molecule has 1 aliphatic rings. The molecule has 0 unspecified atom stereocenters. The Labute approximate surface area is 169 Å². The van der Waals surface area contributed by atoms with Crippen LogP contribution in [0, 0.1) is 0 Å². The van der Waals surface area contributed by atoms with E-state index >= 15 is 0 Å². The number of fused-ring (bicyclic) bond motifs is 1. The molecule has 5 rings (SSSR count). The third-order valence-corrected chi connectivity index (χ3v) is 5.08. The van der Waals surface area contributed by atoms with Gasteiger partial charge in [-0.15, -0.1) is 10.2 Å². The first-order valence-electron chi connectivity index (χ1n) is 8.73. The van der Waals surface area contributed by atoms with Crippen LogP contribution in [-0.4, -0.2) is 38.0 Å². The summed E-state index contributed by atoms with van der Waals surface area (Å²) in [6.45, 7) is 0.190. The van der Waals surface area contributed by atoms with Crippen molar-refractivity contribution in [3.8, 4) is 23.1 Å². The maximum absolute atomic E-state index is 12.4. The average molecular weight is 409 g/mol. The molecule has 0 saturated carbocycles. The number of hydrogen-bond acceptors (Lipinski definition) is 7. The largest absolute Gasteiger partial charge is 0.461 e. The molecule has 10 heteroatoms. The number of nitrogens with one attached hydrogen (secondary N) is 1. The maximum atomic E-state index is 12.4. The molecule has 0 atom stereocenters. The molecule has 29 heavy (non-hydrogen) atoms. The molecular formula is C19H15N5O4S. The summed E-state index contributed by atoms with van der Waals surface area (Å²) in [5, 5.41) is 11.9. The zero-order valence-electron chi connectivity index (χ0n) is 15.0. The van der Waals surface area contributed by atoms with Gasteiger partial charge in [0.1, 0.15) is 0 Å². The zero-order chi connectivity index (χ0) is 19.6. The number of carbonyl (C=O) groups is 1. The van der Waals surface area contributed by atoms with Crippen LogP contribution in [0.25, 0.3) is 11.6 Å². The maximum Gasteiger partial charge on any atom is 0.234 e. The fraction of sp³-hybridized carbons (Fsp3) is 0.105. The second kappa shape index (κ2) is 7.40. The van der Waals surface area contributed by atoms with Gasteiger partial charge in [-0.2, -0.15) is 0 Å². The molecule has 0 spiro atoms. The van der Waals surface area contributed by atoms with Crippen LogP contribution in [0.4, 0.5) is 5.69 Å². The van der Waals surface area contributed by atoms with Gasteiger partial charge in [-0.05, 0) is 36.4 Å². The summed E-state index contributed by atoms with van der Waals surface area (Å²) in [6.07, 6.45) is 5.31. The van der Waals surface area contributed by atoms with E-state index in [1.54, 1.807) is 35.2 Å². The van der Waals surface area contributed by atoms with Crippen LogP contribution in [0.5, 0.6) is 11.5 Å². The van der Waals surface area contributed by atoms with Crippen molar-refractivity contribution in [2.45, 2.75) is 5.16 Å². The Bertz CT molecular complexity index is 1140. The van der Waals surface area contributed by atoms with Gasteiger partial charge in [0, 0.05) is 24.1 Å². The number of nitrogens with zero attached hydrogens (tertiary/aromatic N) is 4. The molecule has 9 nitrogen and oxygen atoms in total. The van der Waals surface area contributed by atoms with Crippen LogP contribution in [-0.2, 0) is 4.79 Å². The lowest BCUT2D eigenvalue weighted by Crippen LogP contribution is -2.15. The number of benzene rings is 1. The Morgan fingerprint density at radius 3 is 2.79 bits per heavy atom. The summed E-state index contributed by atoms with van der Waals surface area (Å²) >= 11 is 1.28. The predicted octanol–water partition coefficient (Wildman–Crippen LogP) is 3.11. The minimum Gasteiger partial charge on any atom is -0.461 e. The second-order valence-corrected chi connectivity index (χ2v) is 7.01. The molecular weight excluding hydrogens is 394 g/mol. The van der Waals surface area contributed by atoms with Crippen molar-refractivity contribution < 1.29 is 18.7 Å². The van der Waals surface area contributed by atoms with E-state index in [9.17, 15) is 4.79 Å². The Morgan fingerprint density at radius 2 is 1.97 bits per heavy atom. The number of anilines is 1. The van der Waals surface area contributed by atoms with Gasteiger partial charge in [0.2, 0.25) is 23.7 Å². The topological polar surface area (TPSA) is 96.3 Å². The van der Waals surface area contributed by atoms with E-state index in [0.717, 1.165) is 0 Å². The summed E-state index contributed by atoms with van der Waals surface area (Å²) in [7, 11) is 0. The average Bonchev–Trinajstić information content (AvgIpc) is 3.52. The van der Waals surface area contributed by atoms with Gasteiger partial charge in [-0.25, -0.2) is 4.68 Å². The smallest absolute Gasteiger partial charge is 0.234 e. The van der Waals surface area contributed by atoms with Crippen molar-refractivity contribution in [2.75, 3.05) is 17.9 Å². The van der Waals surface area contributed by atoms with Crippen molar-refractivity contribution in [1.82, 2.24) is 19.5 Å². The normalized spacial score (nSPS) is 12.3. The number of thioether (sulfide) groups is 1. The second-order valence-electron chi connectivity index (χ2n) is 6.06. The molecule has 1 aliphatic heterocycles. The molecule has 4 heterocycles. The fourth-order valence-corrected chi connectivity index (χ4v) is 3.62.